The Hall–Kier alpha value is -2.12. The summed E-state index contributed by atoms with van der Waals surface area (Å²) in [6, 6.07) is 5.97. The molecule has 0 amide bonds. The summed E-state index contributed by atoms with van der Waals surface area (Å²) in [6.07, 6.45) is -4.18. The van der Waals surface area contributed by atoms with Gasteiger partial charge in [-0.3, -0.25) is 4.98 Å². The molecular formula is C20H24F3NO3. The van der Waals surface area contributed by atoms with Gasteiger partial charge in [-0.2, -0.15) is 13.2 Å². The third kappa shape index (κ3) is 4.99. The molecule has 7 heteroatoms. The summed E-state index contributed by atoms with van der Waals surface area (Å²) in [5.74, 6) is 0.362. The summed E-state index contributed by atoms with van der Waals surface area (Å²) in [6.45, 7) is 7.59. The Morgan fingerprint density at radius 2 is 1.81 bits per heavy atom. The van der Waals surface area contributed by atoms with Crippen LogP contribution in [0.25, 0.3) is 11.1 Å². The molecule has 1 aromatic heterocycles. The van der Waals surface area contributed by atoms with Gasteiger partial charge in [-0.15, -0.1) is 0 Å². The van der Waals surface area contributed by atoms with Crippen LogP contribution in [0.15, 0.2) is 30.5 Å². The Morgan fingerprint density at radius 1 is 1.15 bits per heavy atom. The van der Waals surface area contributed by atoms with Crippen molar-refractivity contribution in [2.75, 3.05) is 13.9 Å². The molecule has 0 saturated carbocycles. The van der Waals surface area contributed by atoms with Gasteiger partial charge < -0.3 is 14.6 Å². The number of hydrogen-bond acceptors (Lipinski definition) is 4. The van der Waals surface area contributed by atoms with Gasteiger partial charge in [0, 0.05) is 30.0 Å². The van der Waals surface area contributed by atoms with E-state index in [0.717, 1.165) is 17.8 Å². The van der Waals surface area contributed by atoms with Gasteiger partial charge in [-0.1, -0.05) is 26.8 Å². The molecule has 0 saturated heterocycles. The van der Waals surface area contributed by atoms with Crippen LogP contribution in [0.2, 0.25) is 0 Å². The summed E-state index contributed by atoms with van der Waals surface area (Å²) in [7, 11) is 1.46. The van der Waals surface area contributed by atoms with E-state index >= 15 is 0 Å². The zero-order valence-electron chi connectivity index (χ0n) is 16.0. The van der Waals surface area contributed by atoms with Gasteiger partial charge in [0.1, 0.15) is 11.4 Å². The normalized spacial score (nSPS) is 13.5. The number of rotatable bonds is 5. The van der Waals surface area contributed by atoms with E-state index in [1.165, 1.54) is 13.2 Å². The number of aliphatic hydroxyl groups excluding tert-OH is 1. The molecular weight excluding hydrogens is 359 g/mol. The number of methoxy groups -OCH3 is 1. The molecule has 1 unspecified atom stereocenters. The summed E-state index contributed by atoms with van der Waals surface area (Å²) < 4.78 is 49.1. The van der Waals surface area contributed by atoms with Gasteiger partial charge in [-0.05, 0) is 36.1 Å². The molecule has 2 rings (SSSR count). The second-order valence-electron chi connectivity index (χ2n) is 7.35. The Balaban J connectivity index is 2.69. The second kappa shape index (κ2) is 7.86. The van der Waals surface area contributed by atoms with E-state index in [-0.39, 0.29) is 12.2 Å². The van der Waals surface area contributed by atoms with Crippen molar-refractivity contribution < 1.29 is 27.8 Å². The molecule has 4 nitrogen and oxygen atoms in total. The fraction of sp³-hybridized carbons (Fsp3) is 0.450. The predicted octanol–water partition coefficient (Wildman–Crippen LogP) is 5.10. The molecule has 1 N–H and O–H groups in total. The number of benzene rings is 1. The highest BCUT2D eigenvalue weighted by atomic mass is 19.4. The van der Waals surface area contributed by atoms with E-state index in [1.807, 2.05) is 32.9 Å². The molecule has 0 radical (unpaired) electrons. The van der Waals surface area contributed by atoms with Gasteiger partial charge in [-0.25, -0.2) is 0 Å². The molecule has 1 atom stereocenters. The molecule has 27 heavy (non-hydrogen) atoms. The first-order valence-electron chi connectivity index (χ1n) is 8.47. The third-order valence-corrected chi connectivity index (χ3v) is 4.12. The van der Waals surface area contributed by atoms with E-state index in [9.17, 15) is 18.3 Å². The summed E-state index contributed by atoms with van der Waals surface area (Å²) in [5.41, 5.74) is 1.26. The first kappa shape index (κ1) is 21.2. The van der Waals surface area contributed by atoms with Crippen LogP contribution in [0.1, 0.15) is 50.6 Å². The van der Waals surface area contributed by atoms with Crippen molar-refractivity contribution in [1.29, 1.82) is 0 Å². The van der Waals surface area contributed by atoms with Gasteiger partial charge in [0.25, 0.3) is 0 Å². The molecule has 148 valence electrons. The lowest BCUT2D eigenvalue weighted by Gasteiger charge is -2.25. The van der Waals surface area contributed by atoms with Crippen LogP contribution in [0, 0.1) is 0 Å². The average Bonchev–Trinajstić information content (AvgIpc) is 2.57. The number of aliphatic hydroxyl groups is 1. The van der Waals surface area contributed by atoms with Crippen molar-refractivity contribution in [1.82, 2.24) is 4.98 Å². The quantitative estimate of drug-likeness (QED) is 0.730. The molecule has 0 bridgehead atoms. The largest absolute Gasteiger partial charge is 0.467 e. The third-order valence-electron chi connectivity index (χ3n) is 4.12. The van der Waals surface area contributed by atoms with Crippen molar-refractivity contribution in [3.8, 4) is 16.9 Å². The molecule has 2 aromatic rings. The van der Waals surface area contributed by atoms with Crippen LogP contribution in [0.3, 0.4) is 0 Å². The van der Waals surface area contributed by atoms with Crippen molar-refractivity contribution >= 4 is 0 Å². The van der Waals surface area contributed by atoms with Crippen LogP contribution in [0.5, 0.6) is 5.75 Å². The monoisotopic (exact) mass is 383 g/mol. The zero-order chi connectivity index (χ0) is 20.4. The standard InChI is InChI=1S/C20H24F3NO3/c1-12(25)15-8-14(19(2,3)4)9-16(18(15)27-11-26-5)13-6-7-17(24-10-13)20(21,22)23/h6-10,12,25H,11H2,1-5H3. The average molecular weight is 383 g/mol. The van der Waals surface area contributed by atoms with Crippen LogP contribution >= 0.6 is 0 Å². The van der Waals surface area contributed by atoms with Crippen LogP contribution < -0.4 is 4.74 Å². The number of pyridine rings is 1. The number of aromatic nitrogens is 1. The Morgan fingerprint density at radius 3 is 2.26 bits per heavy atom. The van der Waals surface area contributed by atoms with E-state index in [0.29, 0.717) is 22.4 Å². The molecule has 1 heterocycles. The summed E-state index contributed by atoms with van der Waals surface area (Å²) in [4.78, 5) is 3.54. The van der Waals surface area contributed by atoms with Crippen molar-refractivity contribution in [2.45, 2.75) is 45.4 Å². The van der Waals surface area contributed by atoms with E-state index in [1.54, 1.807) is 6.92 Å². The van der Waals surface area contributed by atoms with Gasteiger partial charge >= 0.3 is 6.18 Å². The van der Waals surface area contributed by atoms with Gasteiger partial charge in [0.15, 0.2) is 6.79 Å². The zero-order valence-corrected chi connectivity index (χ0v) is 16.0. The van der Waals surface area contributed by atoms with E-state index in [2.05, 4.69) is 4.98 Å². The first-order chi connectivity index (χ1) is 12.4. The molecule has 0 spiro atoms. The van der Waals surface area contributed by atoms with Gasteiger partial charge in [0.05, 0.1) is 6.10 Å². The maximum absolute atomic E-state index is 12.8. The summed E-state index contributed by atoms with van der Waals surface area (Å²) >= 11 is 0. The minimum Gasteiger partial charge on any atom is -0.467 e. The first-order valence-corrected chi connectivity index (χ1v) is 8.47. The Kier molecular flexibility index (Phi) is 6.17. The maximum Gasteiger partial charge on any atom is 0.433 e. The van der Waals surface area contributed by atoms with Crippen LogP contribution in [0.4, 0.5) is 13.2 Å². The topological polar surface area (TPSA) is 51.6 Å². The lowest BCUT2D eigenvalue weighted by molar-refractivity contribution is -0.141. The number of halogens is 3. The van der Waals surface area contributed by atoms with Crippen molar-refractivity contribution in [2.24, 2.45) is 0 Å². The van der Waals surface area contributed by atoms with E-state index in [4.69, 9.17) is 9.47 Å². The SMILES string of the molecule is COCOc1c(-c2ccc(C(F)(F)F)nc2)cc(C(C)(C)C)cc1C(C)O. The van der Waals surface area contributed by atoms with Crippen molar-refractivity contribution in [3.63, 3.8) is 0 Å². The Bertz CT molecular complexity index is 779. The smallest absolute Gasteiger partial charge is 0.433 e. The number of hydrogen-bond donors (Lipinski definition) is 1. The van der Waals surface area contributed by atoms with Crippen molar-refractivity contribution in [3.05, 3.63) is 47.3 Å². The molecule has 0 fully saturated rings. The molecule has 0 aliphatic carbocycles. The minimum atomic E-state index is -4.51. The van der Waals surface area contributed by atoms with Crippen LogP contribution in [-0.2, 0) is 16.3 Å². The number of nitrogens with zero attached hydrogens (tertiary/aromatic N) is 1. The Labute approximate surface area is 157 Å². The fourth-order valence-corrected chi connectivity index (χ4v) is 2.61. The summed E-state index contributed by atoms with van der Waals surface area (Å²) in [5, 5.41) is 10.2. The maximum atomic E-state index is 12.8. The highest BCUT2D eigenvalue weighted by Gasteiger charge is 2.32. The predicted molar refractivity (Wildman–Crippen MR) is 96.5 cm³/mol. The minimum absolute atomic E-state index is 0.0599. The lowest BCUT2D eigenvalue weighted by Crippen LogP contribution is -2.14. The highest BCUT2D eigenvalue weighted by molar-refractivity contribution is 5.73. The van der Waals surface area contributed by atoms with Crippen LogP contribution in [-0.4, -0.2) is 24.0 Å². The van der Waals surface area contributed by atoms with E-state index < -0.39 is 18.0 Å². The van der Waals surface area contributed by atoms with Gasteiger partial charge in [0.2, 0.25) is 0 Å². The fourth-order valence-electron chi connectivity index (χ4n) is 2.61. The molecule has 0 aliphatic rings. The second-order valence-corrected chi connectivity index (χ2v) is 7.35. The number of alkyl halides is 3. The lowest BCUT2D eigenvalue weighted by atomic mass is 9.83. The molecule has 1 aromatic carbocycles. The number of ether oxygens (including phenoxy) is 2. The highest BCUT2D eigenvalue weighted by Crippen LogP contribution is 2.41. The molecule has 0 aliphatic heterocycles.